The lowest BCUT2D eigenvalue weighted by Crippen LogP contribution is -2.47. The molecule has 0 bridgehead atoms. The van der Waals surface area contributed by atoms with Crippen LogP contribution in [-0.4, -0.2) is 58.6 Å². The van der Waals surface area contributed by atoms with Crippen molar-refractivity contribution in [2.45, 2.75) is 20.4 Å². The number of aldehydes is 1. The highest BCUT2D eigenvalue weighted by Gasteiger charge is 2.19. The van der Waals surface area contributed by atoms with Crippen LogP contribution in [-0.2, 0) is 13.6 Å². The van der Waals surface area contributed by atoms with Crippen molar-refractivity contribution < 1.29 is 4.79 Å². The Balaban J connectivity index is 1.86. The van der Waals surface area contributed by atoms with Crippen LogP contribution in [0.4, 0.5) is 0 Å². The lowest BCUT2D eigenvalue weighted by molar-refractivity contribution is 0.110. The molecule has 1 aliphatic heterocycles. The van der Waals surface area contributed by atoms with Crippen molar-refractivity contribution in [2.75, 3.05) is 32.7 Å². The third-order valence-corrected chi connectivity index (χ3v) is 3.53. The molecule has 19 heavy (non-hydrogen) atoms. The molecule has 5 heteroatoms. The molecule has 106 valence electrons. The number of hydrogen-bond acceptors (Lipinski definition) is 4. The first-order valence-corrected chi connectivity index (χ1v) is 7.01. The number of hydrogen-bond donors (Lipinski definition) is 0. The minimum atomic E-state index is 0.715. The molecule has 0 unspecified atom stereocenters. The number of aryl methyl sites for hydroxylation is 1. The van der Waals surface area contributed by atoms with Gasteiger partial charge < -0.3 is 4.90 Å². The SMILES string of the molecule is CC(C)CN1CCN(Cc2nn(C)cc2C=O)CC1. The number of carbonyl (C=O) groups excluding carboxylic acids is 1. The van der Waals surface area contributed by atoms with E-state index < -0.39 is 0 Å². The molecule has 5 nitrogen and oxygen atoms in total. The summed E-state index contributed by atoms with van der Waals surface area (Å²) in [5.74, 6) is 0.726. The quantitative estimate of drug-likeness (QED) is 0.744. The van der Waals surface area contributed by atoms with Gasteiger partial charge in [0.25, 0.3) is 0 Å². The summed E-state index contributed by atoms with van der Waals surface area (Å²) in [7, 11) is 1.86. The number of carbonyl (C=O) groups is 1. The molecule has 1 aromatic rings. The molecule has 1 saturated heterocycles. The van der Waals surface area contributed by atoms with Gasteiger partial charge in [-0.1, -0.05) is 13.8 Å². The van der Waals surface area contributed by atoms with Gasteiger partial charge in [-0.15, -0.1) is 0 Å². The lowest BCUT2D eigenvalue weighted by Gasteiger charge is -2.35. The summed E-state index contributed by atoms with van der Waals surface area (Å²) in [6.45, 7) is 10.8. The van der Waals surface area contributed by atoms with Crippen LogP contribution in [0.15, 0.2) is 6.20 Å². The number of piperazine rings is 1. The summed E-state index contributed by atoms with van der Waals surface area (Å²) in [4.78, 5) is 15.9. The third kappa shape index (κ3) is 3.88. The van der Waals surface area contributed by atoms with Gasteiger partial charge in [0.15, 0.2) is 6.29 Å². The second-order valence-electron chi connectivity index (χ2n) is 5.79. The average molecular weight is 264 g/mol. The van der Waals surface area contributed by atoms with Crippen molar-refractivity contribution in [3.63, 3.8) is 0 Å². The molecular weight excluding hydrogens is 240 g/mol. The smallest absolute Gasteiger partial charge is 0.153 e. The normalized spacial score (nSPS) is 18.1. The zero-order valence-electron chi connectivity index (χ0n) is 12.2. The lowest BCUT2D eigenvalue weighted by atomic mass is 10.2. The summed E-state index contributed by atoms with van der Waals surface area (Å²) < 4.78 is 1.72. The van der Waals surface area contributed by atoms with Gasteiger partial charge in [-0.25, -0.2) is 0 Å². The Hall–Kier alpha value is -1.20. The topological polar surface area (TPSA) is 41.4 Å². The predicted octanol–water partition coefficient (Wildman–Crippen LogP) is 1.01. The summed E-state index contributed by atoms with van der Waals surface area (Å²) in [6.07, 6.45) is 2.69. The summed E-state index contributed by atoms with van der Waals surface area (Å²) in [6, 6.07) is 0. The molecule has 2 heterocycles. The average Bonchev–Trinajstić information content (AvgIpc) is 2.71. The maximum absolute atomic E-state index is 11.0. The van der Waals surface area contributed by atoms with Gasteiger partial charge >= 0.3 is 0 Å². The fourth-order valence-corrected chi connectivity index (χ4v) is 2.63. The van der Waals surface area contributed by atoms with E-state index >= 15 is 0 Å². The molecule has 0 radical (unpaired) electrons. The van der Waals surface area contributed by atoms with Crippen molar-refractivity contribution in [2.24, 2.45) is 13.0 Å². The van der Waals surface area contributed by atoms with Crippen LogP contribution in [0.2, 0.25) is 0 Å². The highest BCUT2D eigenvalue weighted by atomic mass is 16.1. The first-order valence-electron chi connectivity index (χ1n) is 7.01. The molecule has 0 aliphatic carbocycles. The van der Waals surface area contributed by atoms with E-state index in [1.54, 1.807) is 10.9 Å². The van der Waals surface area contributed by atoms with Crippen molar-refractivity contribution in [1.82, 2.24) is 19.6 Å². The first-order chi connectivity index (χ1) is 9.08. The van der Waals surface area contributed by atoms with Gasteiger partial charge in [-0.2, -0.15) is 5.10 Å². The molecule has 0 amide bonds. The Bertz CT molecular complexity index is 419. The van der Waals surface area contributed by atoms with E-state index in [4.69, 9.17) is 0 Å². The van der Waals surface area contributed by atoms with Gasteiger partial charge in [0.2, 0.25) is 0 Å². The van der Waals surface area contributed by atoms with Crippen LogP contribution in [0, 0.1) is 5.92 Å². The van der Waals surface area contributed by atoms with E-state index in [1.165, 1.54) is 6.54 Å². The highest BCUT2D eigenvalue weighted by molar-refractivity contribution is 5.75. The van der Waals surface area contributed by atoms with E-state index in [0.717, 1.165) is 50.6 Å². The number of rotatable bonds is 5. The maximum atomic E-state index is 11.0. The minimum Gasteiger partial charge on any atom is -0.301 e. The summed E-state index contributed by atoms with van der Waals surface area (Å²) >= 11 is 0. The van der Waals surface area contributed by atoms with Gasteiger partial charge in [0, 0.05) is 52.5 Å². The van der Waals surface area contributed by atoms with Gasteiger partial charge in [-0.3, -0.25) is 14.4 Å². The maximum Gasteiger partial charge on any atom is 0.153 e. The van der Waals surface area contributed by atoms with Crippen LogP contribution < -0.4 is 0 Å². The molecule has 1 fully saturated rings. The molecule has 0 spiro atoms. The van der Waals surface area contributed by atoms with Gasteiger partial charge in [0.1, 0.15) is 0 Å². The minimum absolute atomic E-state index is 0.715. The monoisotopic (exact) mass is 264 g/mol. The number of nitrogens with zero attached hydrogens (tertiary/aromatic N) is 4. The van der Waals surface area contributed by atoms with Crippen molar-refractivity contribution in [3.8, 4) is 0 Å². The van der Waals surface area contributed by atoms with E-state index in [2.05, 4.69) is 28.7 Å². The second-order valence-corrected chi connectivity index (χ2v) is 5.79. The Morgan fingerprint density at radius 2 is 1.89 bits per heavy atom. The van der Waals surface area contributed by atoms with E-state index in [1.807, 2.05) is 7.05 Å². The zero-order chi connectivity index (χ0) is 13.8. The van der Waals surface area contributed by atoms with Crippen LogP contribution in [0.5, 0.6) is 0 Å². The van der Waals surface area contributed by atoms with Gasteiger partial charge in [0.05, 0.1) is 11.3 Å². The van der Waals surface area contributed by atoms with Gasteiger partial charge in [-0.05, 0) is 5.92 Å². The molecule has 1 aliphatic rings. The highest BCUT2D eigenvalue weighted by Crippen LogP contribution is 2.11. The molecule has 0 N–H and O–H groups in total. The van der Waals surface area contributed by atoms with Crippen molar-refractivity contribution in [1.29, 1.82) is 0 Å². The fraction of sp³-hybridized carbons (Fsp3) is 0.714. The Labute approximate surface area is 115 Å². The fourth-order valence-electron chi connectivity index (χ4n) is 2.63. The third-order valence-electron chi connectivity index (χ3n) is 3.53. The predicted molar refractivity (Wildman–Crippen MR) is 75.2 cm³/mol. The van der Waals surface area contributed by atoms with Crippen LogP contribution in [0.3, 0.4) is 0 Å². The summed E-state index contributed by atoms with van der Waals surface area (Å²) in [5, 5.41) is 4.37. The Kier molecular flexibility index (Phi) is 4.71. The molecular formula is C14H24N4O. The molecule has 0 saturated carbocycles. The van der Waals surface area contributed by atoms with Crippen LogP contribution >= 0.6 is 0 Å². The number of aromatic nitrogens is 2. The van der Waals surface area contributed by atoms with Crippen LogP contribution in [0.25, 0.3) is 0 Å². The first kappa shape index (κ1) is 14.2. The Morgan fingerprint density at radius 1 is 1.26 bits per heavy atom. The molecule has 1 aromatic heterocycles. The second kappa shape index (κ2) is 6.30. The Morgan fingerprint density at radius 3 is 2.47 bits per heavy atom. The van der Waals surface area contributed by atoms with E-state index in [0.29, 0.717) is 5.56 Å². The molecule has 0 atom stereocenters. The van der Waals surface area contributed by atoms with Crippen molar-refractivity contribution in [3.05, 3.63) is 17.5 Å². The largest absolute Gasteiger partial charge is 0.301 e. The van der Waals surface area contributed by atoms with Crippen molar-refractivity contribution >= 4 is 6.29 Å². The summed E-state index contributed by atoms with van der Waals surface area (Å²) in [5.41, 5.74) is 1.61. The van der Waals surface area contributed by atoms with E-state index in [-0.39, 0.29) is 0 Å². The molecule has 0 aromatic carbocycles. The van der Waals surface area contributed by atoms with Crippen LogP contribution in [0.1, 0.15) is 29.9 Å². The van der Waals surface area contributed by atoms with E-state index in [9.17, 15) is 4.79 Å². The molecule has 2 rings (SSSR count). The zero-order valence-corrected chi connectivity index (χ0v) is 12.2. The standard InChI is InChI=1S/C14H24N4O/c1-12(2)8-17-4-6-18(7-5-17)10-14-13(11-19)9-16(3)15-14/h9,11-12H,4-8,10H2,1-3H3.